The number of rotatable bonds is 3. The van der Waals surface area contributed by atoms with Crippen molar-refractivity contribution < 1.29 is 23.7 Å². The van der Waals surface area contributed by atoms with Crippen LogP contribution in [0.4, 0.5) is 5.69 Å². The second kappa shape index (κ2) is 5.24. The van der Waals surface area contributed by atoms with Gasteiger partial charge in [0.2, 0.25) is 6.79 Å². The molecular weight excluding hydrogens is 274 g/mol. The van der Waals surface area contributed by atoms with Gasteiger partial charge in [-0.3, -0.25) is 0 Å². The molecule has 0 aromatic heterocycles. The van der Waals surface area contributed by atoms with E-state index in [9.17, 15) is 4.79 Å². The fourth-order valence-electron chi connectivity index (χ4n) is 1.95. The van der Waals surface area contributed by atoms with E-state index in [1.165, 1.54) is 13.2 Å². The molecule has 3 rings (SSSR count). The number of ether oxygens (including phenoxy) is 4. The normalized spacial score (nSPS) is 12.0. The zero-order chi connectivity index (χ0) is 14.8. The van der Waals surface area contributed by atoms with E-state index in [-0.39, 0.29) is 6.79 Å². The maximum atomic E-state index is 11.4. The summed E-state index contributed by atoms with van der Waals surface area (Å²) in [4.78, 5) is 11.4. The van der Waals surface area contributed by atoms with E-state index in [4.69, 9.17) is 19.9 Å². The molecule has 6 heteroatoms. The van der Waals surface area contributed by atoms with Crippen LogP contribution in [0.2, 0.25) is 0 Å². The lowest BCUT2D eigenvalue weighted by atomic mass is 10.2. The Balaban J connectivity index is 1.83. The van der Waals surface area contributed by atoms with Crippen LogP contribution in [0, 0.1) is 0 Å². The van der Waals surface area contributed by atoms with E-state index in [0.717, 1.165) is 0 Å². The third-order valence-electron chi connectivity index (χ3n) is 3.00. The smallest absolute Gasteiger partial charge is 0.337 e. The molecule has 0 radical (unpaired) electrons. The molecule has 108 valence electrons. The maximum absolute atomic E-state index is 11.4. The van der Waals surface area contributed by atoms with E-state index in [0.29, 0.717) is 34.2 Å². The van der Waals surface area contributed by atoms with Crippen LogP contribution in [0.25, 0.3) is 0 Å². The van der Waals surface area contributed by atoms with Crippen LogP contribution in [-0.4, -0.2) is 19.9 Å². The van der Waals surface area contributed by atoms with Gasteiger partial charge >= 0.3 is 5.97 Å². The number of nitrogen functional groups attached to an aromatic ring is 1. The average Bonchev–Trinajstić information content (AvgIpc) is 2.96. The van der Waals surface area contributed by atoms with E-state index < -0.39 is 5.97 Å². The van der Waals surface area contributed by atoms with E-state index >= 15 is 0 Å². The maximum Gasteiger partial charge on any atom is 0.337 e. The largest absolute Gasteiger partial charge is 0.465 e. The molecule has 0 saturated carbocycles. The van der Waals surface area contributed by atoms with Crippen LogP contribution in [0.3, 0.4) is 0 Å². The molecule has 6 nitrogen and oxygen atoms in total. The van der Waals surface area contributed by atoms with Crippen molar-refractivity contribution >= 4 is 11.7 Å². The summed E-state index contributed by atoms with van der Waals surface area (Å²) in [6.07, 6.45) is 0. The number of benzene rings is 2. The van der Waals surface area contributed by atoms with Crippen LogP contribution in [0.5, 0.6) is 23.0 Å². The first-order valence-corrected chi connectivity index (χ1v) is 6.23. The molecule has 0 atom stereocenters. The van der Waals surface area contributed by atoms with Crippen molar-refractivity contribution in [3.8, 4) is 23.0 Å². The molecule has 0 bridgehead atoms. The Labute approximate surface area is 121 Å². The first-order valence-electron chi connectivity index (χ1n) is 6.23. The molecule has 0 spiro atoms. The molecule has 0 amide bonds. The van der Waals surface area contributed by atoms with Gasteiger partial charge in [-0.1, -0.05) is 0 Å². The highest BCUT2D eigenvalue weighted by atomic mass is 16.7. The predicted octanol–water partition coefficient (Wildman–Crippen LogP) is 2.58. The van der Waals surface area contributed by atoms with Crippen LogP contribution in [0.1, 0.15) is 10.4 Å². The number of anilines is 1. The second-order valence-corrected chi connectivity index (χ2v) is 4.36. The summed E-state index contributed by atoms with van der Waals surface area (Å²) in [5.41, 5.74) is 6.60. The SMILES string of the molecule is COC(=O)c1ccc(Oc2ccc3c(c2)OCO3)c(N)c1. The number of nitrogens with two attached hydrogens (primary N) is 1. The molecular formula is C15H13NO5. The monoisotopic (exact) mass is 287 g/mol. The first kappa shape index (κ1) is 13.1. The van der Waals surface area contributed by atoms with Crippen molar-refractivity contribution in [1.82, 2.24) is 0 Å². The summed E-state index contributed by atoms with van der Waals surface area (Å²) in [5.74, 6) is 1.86. The topological polar surface area (TPSA) is 80.0 Å². The lowest BCUT2D eigenvalue weighted by Crippen LogP contribution is -2.02. The van der Waals surface area contributed by atoms with Gasteiger partial charge in [0.15, 0.2) is 11.5 Å². The fourth-order valence-corrected chi connectivity index (χ4v) is 1.95. The summed E-state index contributed by atoms with van der Waals surface area (Å²) in [6.45, 7) is 0.203. The van der Waals surface area contributed by atoms with Gasteiger partial charge in [-0.25, -0.2) is 4.79 Å². The van der Waals surface area contributed by atoms with Gasteiger partial charge in [0.1, 0.15) is 11.5 Å². The lowest BCUT2D eigenvalue weighted by Gasteiger charge is -2.10. The summed E-state index contributed by atoms with van der Waals surface area (Å²) in [5, 5.41) is 0. The standard InChI is InChI=1S/C15H13NO5/c1-18-15(17)9-2-4-12(11(16)6-9)21-10-3-5-13-14(7-10)20-8-19-13/h2-7H,8,16H2,1H3. The Morgan fingerprint density at radius 3 is 2.71 bits per heavy atom. The number of hydrogen-bond acceptors (Lipinski definition) is 6. The minimum Gasteiger partial charge on any atom is -0.465 e. The molecule has 1 aliphatic heterocycles. The Morgan fingerprint density at radius 2 is 1.95 bits per heavy atom. The van der Waals surface area contributed by atoms with Crippen molar-refractivity contribution in [2.45, 2.75) is 0 Å². The van der Waals surface area contributed by atoms with Gasteiger partial charge in [0.25, 0.3) is 0 Å². The van der Waals surface area contributed by atoms with E-state index in [1.54, 1.807) is 30.3 Å². The van der Waals surface area contributed by atoms with E-state index in [1.807, 2.05) is 0 Å². The molecule has 0 saturated heterocycles. The molecule has 0 aliphatic carbocycles. The molecule has 2 N–H and O–H groups in total. The quantitative estimate of drug-likeness (QED) is 0.690. The third-order valence-corrected chi connectivity index (χ3v) is 3.00. The van der Waals surface area contributed by atoms with Crippen molar-refractivity contribution in [2.24, 2.45) is 0 Å². The zero-order valence-corrected chi connectivity index (χ0v) is 11.3. The first-order chi connectivity index (χ1) is 10.2. The van der Waals surface area contributed by atoms with Gasteiger partial charge in [-0.15, -0.1) is 0 Å². The molecule has 21 heavy (non-hydrogen) atoms. The van der Waals surface area contributed by atoms with Gasteiger partial charge < -0.3 is 24.7 Å². The number of esters is 1. The number of fused-ring (bicyclic) bond motifs is 1. The Bertz CT molecular complexity index is 698. The lowest BCUT2D eigenvalue weighted by molar-refractivity contribution is 0.0601. The van der Waals surface area contributed by atoms with E-state index in [2.05, 4.69) is 4.74 Å². The number of hydrogen-bond donors (Lipinski definition) is 1. The van der Waals surface area contributed by atoms with Gasteiger partial charge in [0.05, 0.1) is 18.4 Å². The van der Waals surface area contributed by atoms with Crippen molar-refractivity contribution in [1.29, 1.82) is 0 Å². The molecule has 1 aliphatic rings. The van der Waals surface area contributed by atoms with Crippen LogP contribution < -0.4 is 19.9 Å². The Kier molecular flexibility index (Phi) is 3.27. The highest BCUT2D eigenvalue weighted by Crippen LogP contribution is 2.37. The molecule has 0 unspecified atom stereocenters. The van der Waals surface area contributed by atoms with Crippen molar-refractivity contribution in [3.63, 3.8) is 0 Å². The summed E-state index contributed by atoms with van der Waals surface area (Å²) < 4.78 is 20.8. The van der Waals surface area contributed by atoms with Crippen molar-refractivity contribution in [2.75, 3.05) is 19.6 Å². The van der Waals surface area contributed by atoms with Gasteiger partial charge in [-0.2, -0.15) is 0 Å². The number of carbonyl (C=O) groups is 1. The predicted molar refractivity (Wildman–Crippen MR) is 74.8 cm³/mol. The summed E-state index contributed by atoms with van der Waals surface area (Å²) in [6, 6.07) is 9.94. The minimum atomic E-state index is -0.448. The second-order valence-electron chi connectivity index (χ2n) is 4.36. The van der Waals surface area contributed by atoms with Crippen molar-refractivity contribution in [3.05, 3.63) is 42.0 Å². The molecule has 0 fully saturated rings. The fraction of sp³-hybridized carbons (Fsp3) is 0.133. The van der Waals surface area contributed by atoms with Crippen LogP contribution >= 0.6 is 0 Å². The van der Waals surface area contributed by atoms with Gasteiger partial charge in [-0.05, 0) is 30.3 Å². The minimum absolute atomic E-state index is 0.203. The van der Waals surface area contributed by atoms with Crippen LogP contribution in [-0.2, 0) is 4.74 Å². The number of carbonyl (C=O) groups excluding carboxylic acids is 1. The third kappa shape index (κ3) is 2.55. The zero-order valence-electron chi connectivity index (χ0n) is 11.3. The summed E-state index contributed by atoms with van der Waals surface area (Å²) in [7, 11) is 1.32. The van der Waals surface area contributed by atoms with Crippen LogP contribution in [0.15, 0.2) is 36.4 Å². The highest BCUT2D eigenvalue weighted by Gasteiger charge is 2.15. The number of methoxy groups -OCH3 is 1. The summed E-state index contributed by atoms with van der Waals surface area (Å²) >= 11 is 0. The van der Waals surface area contributed by atoms with Gasteiger partial charge in [0, 0.05) is 6.07 Å². The average molecular weight is 287 g/mol. The molecule has 1 heterocycles. The molecule has 2 aromatic carbocycles. The molecule has 2 aromatic rings. The Hall–Kier alpha value is -2.89. The highest BCUT2D eigenvalue weighted by molar-refractivity contribution is 5.90. The Morgan fingerprint density at radius 1 is 1.14 bits per heavy atom.